The molecule has 0 saturated carbocycles. The van der Waals surface area contributed by atoms with E-state index in [1.54, 1.807) is 39.0 Å². The third kappa shape index (κ3) is 3.51. The minimum absolute atomic E-state index is 0.0899. The number of amides is 1. The van der Waals surface area contributed by atoms with E-state index >= 15 is 0 Å². The van der Waals surface area contributed by atoms with Crippen LogP contribution in [0.5, 0.6) is 0 Å². The Morgan fingerprint density at radius 1 is 1.16 bits per heavy atom. The van der Waals surface area contributed by atoms with Crippen LogP contribution in [0.25, 0.3) is 27.7 Å². The van der Waals surface area contributed by atoms with Crippen LogP contribution >= 0.6 is 0 Å². The molecule has 0 saturated heterocycles. The fourth-order valence-electron chi connectivity index (χ4n) is 3.89. The number of hydrogen-bond acceptors (Lipinski definition) is 4. The van der Waals surface area contributed by atoms with Gasteiger partial charge in [0.25, 0.3) is 0 Å². The molecule has 2 aromatic heterocycles. The average Bonchev–Trinajstić information content (AvgIpc) is 3.07. The fraction of sp³-hybridized carbons (Fsp3) is 0.174. The second-order valence-corrected chi connectivity index (χ2v) is 7.33. The molecule has 0 bridgehead atoms. The van der Waals surface area contributed by atoms with Gasteiger partial charge < -0.3 is 14.2 Å². The average molecular weight is 439 g/mol. The fourth-order valence-corrected chi connectivity index (χ4v) is 3.89. The van der Waals surface area contributed by atoms with Crippen molar-refractivity contribution in [2.24, 2.45) is 0 Å². The number of hydrogen-bond donors (Lipinski definition) is 2. The highest BCUT2D eigenvalue weighted by Crippen LogP contribution is 2.32. The van der Waals surface area contributed by atoms with Gasteiger partial charge in [-0.05, 0) is 44.0 Å². The van der Waals surface area contributed by atoms with Crippen molar-refractivity contribution in [2.45, 2.75) is 27.2 Å². The molecule has 0 unspecified atom stereocenters. The number of fused-ring (bicyclic) bond motifs is 1. The molecule has 0 fully saturated rings. The number of anilines is 1. The Bertz CT molecular complexity index is 1420. The second-order valence-electron chi connectivity index (χ2n) is 7.33. The SMILES string of the molecule is CCc1cc(=O)c2ccc(-c3c(C)noc3C)cc2n1-c1cc(NC(=O)O)c(F)cc1F. The molecule has 0 aliphatic carbocycles. The van der Waals surface area contributed by atoms with E-state index < -0.39 is 23.4 Å². The summed E-state index contributed by atoms with van der Waals surface area (Å²) < 4.78 is 35.9. The van der Waals surface area contributed by atoms with Gasteiger partial charge in [-0.15, -0.1) is 0 Å². The Morgan fingerprint density at radius 2 is 1.91 bits per heavy atom. The Labute approximate surface area is 180 Å². The topological polar surface area (TPSA) is 97.4 Å². The summed E-state index contributed by atoms with van der Waals surface area (Å²) in [6, 6.07) is 8.18. The summed E-state index contributed by atoms with van der Waals surface area (Å²) in [7, 11) is 0. The first-order chi connectivity index (χ1) is 15.2. The molecule has 1 amide bonds. The van der Waals surface area contributed by atoms with Gasteiger partial charge in [-0.2, -0.15) is 0 Å². The zero-order valence-electron chi connectivity index (χ0n) is 17.5. The number of halogens is 2. The summed E-state index contributed by atoms with van der Waals surface area (Å²) >= 11 is 0. The lowest BCUT2D eigenvalue weighted by Crippen LogP contribution is -2.15. The van der Waals surface area contributed by atoms with Crippen LogP contribution in [0.2, 0.25) is 0 Å². The van der Waals surface area contributed by atoms with Gasteiger partial charge in [-0.1, -0.05) is 18.1 Å². The maximum Gasteiger partial charge on any atom is 0.409 e. The highest BCUT2D eigenvalue weighted by atomic mass is 19.1. The molecule has 0 atom stereocenters. The first-order valence-electron chi connectivity index (χ1n) is 9.82. The summed E-state index contributed by atoms with van der Waals surface area (Å²) in [4.78, 5) is 23.8. The number of carboxylic acid groups (broad SMARTS) is 1. The molecule has 0 aliphatic rings. The Hall–Kier alpha value is -4.01. The molecule has 0 aliphatic heterocycles. The number of aromatic nitrogens is 2. The van der Waals surface area contributed by atoms with Crippen LogP contribution in [0, 0.1) is 25.5 Å². The van der Waals surface area contributed by atoms with Crippen LogP contribution < -0.4 is 10.7 Å². The number of aryl methyl sites for hydroxylation is 3. The van der Waals surface area contributed by atoms with E-state index in [1.165, 1.54) is 10.6 Å². The number of benzene rings is 2. The molecule has 2 N–H and O–H groups in total. The lowest BCUT2D eigenvalue weighted by atomic mass is 10.0. The molecule has 4 aromatic rings. The standard InChI is InChI=1S/C23H19F2N3O4/c1-4-14-8-21(29)15-6-5-13(22-11(2)27-32-12(22)3)7-19(15)28(14)20-10-18(26-23(30)31)16(24)9-17(20)25/h5-10,26H,4H2,1-3H3,(H,30,31). The molecule has 164 valence electrons. The number of nitrogens with one attached hydrogen (secondary N) is 1. The molecule has 4 rings (SSSR count). The normalized spacial score (nSPS) is 11.2. The molecule has 9 heteroatoms. The van der Waals surface area contributed by atoms with Crippen molar-refractivity contribution in [3.05, 3.63) is 75.4 Å². The van der Waals surface area contributed by atoms with Crippen molar-refractivity contribution in [3.63, 3.8) is 0 Å². The summed E-state index contributed by atoms with van der Waals surface area (Å²) in [5.74, 6) is -1.36. The van der Waals surface area contributed by atoms with Gasteiger partial charge in [0, 0.05) is 28.8 Å². The van der Waals surface area contributed by atoms with Crippen LogP contribution in [-0.2, 0) is 6.42 Å². The van der Waals surface area contributed by atoms with Crippen LogP contribution in [0.15, 0.2) is 45.7 Å². The van der Waals surface area contributed by atoms with Gasteiger partial charge in [0.15, 0.2) is 5.43 Å². The van der Waals surface area contributed by atoms with Crippen molar-refractivity contribution >= 4 is 22.7 Å². The van der Waals surface area contributed by atoms with Crippen molar-refractivity contribution in [2.75, 3.05) is 5.32 Å². The van der Waals surface area contributed by atoms with Gasteiger partial charge >= 0.3 is 6.09 Å². The van der Waals surface area contributed by atoms with Crippen molar-refractivity contribution in [3.8, 4) is 16.8 Å². The Kier molecular flexibility index (Phi) is 5.25. The number of pyridine rings is 1. The highest BCUT2D eigenvalue weighted by molar-refractivity contribution is 5.88. The maximum absolute atomic E-state index is 15.0. The number of rotatable bonds is 4. The lowest BCUT2D eigenvalue weighted by Gasteiger charge is -2.19. The van der Waals surface area contributed by atoms with Crippen molar-refractivity contribution < 1.29 is 23.2 Å². The zero-order chi connectivity index (χ0) is 23.2. The molecule has 0 radical (unpaired) electrons. The first-order valence-corrected chi connectivity index (χ1v) is 9.82. The zero-order valence-corrected chi connectivity index (χ0v) is 17.5. The van der Waals surface area contributed by atoms with E-state index in [4.69, 9.17) is 9.63 Å². The first kappa shape index (κ1) is 21.2. The van der Waals surface area contributed by atoms with Crippen LogP contribution in [-0.4, -0.2) is 20.9 Å². The monoisotopic (exact) mass is 439 g/mol. The van der Waals surface area contributed by atoms with Gasteiger partial charge in [0.1, 0.15) is 17.4 Å². The van der Waals surface area contributed by atoms with E-state index in [2.05, 4.69) is 5.16 Å². The quantitative estimate of drug-likeness (QED) is 0.456. The molecule has 2 heterocycles. The van der Waals surface area contributed by atoms with Crippen LogP contribution in [0.3, 0.4) is 0 Å². The molecular formula is C23H19F2N3O4. The predicted molar refractivity (Wildman–Crippen MR) is 115 cm³/mol. The molecule has 7 nitrogen and oxygen atoms in total. The minimum atomic E-state index is -1.48. The Balaban J connectivity index is 2.09. The molecule has 0 spiro atoms. The number of nitrogens with zero attached hydrogens (tertiary/aromatic N) is 2. The molecule has 2 aromatic carbocycles. The smallest absolute Gasteiger partial charge is 0.409 e. The maximum atomic E-state index is 15.0. The van der Waals surface area contributed by atoms with E-state index in [-0.39, 0.29) is 11.1 Å². The van der Waals surface area contributed by atoms with Crippen molar-refractivity contribution in [1.82, 2.24) is 9.72 Å². The van der Waals surface area contributed by atoms with Gasteiger partial charge in [-0.25, -0.2) is 13.6 Å². The summed E-state index contributed by atoms with van der Waals surface area (Å²) in [5.41, 5.74) is 2.25. The highest BCUT2D eigenvalue weighted by Gasteiger charge is 2.19. The summed E-state index contributed by atoms with van der Waals surface area (Å²) in [6.45, 7) is 5.35. The van der Waals surface area contributed by atoms with Crippen LogP contribution in [0.4, 0.5) is 19.3 Å². The second kappa shape index (κ2) is 7.92. The van der Waals surface area contributed by atoms with E-state index in [9.17, 15) is 18.4 Å². The van der Waals surface area contributed by atoms with Crippen molar-refractivity contribution in [1.29, 1.82) is 0 Å². The third-order valence-corrected chi connectivity index (χ3v) is 5.29. The van der Waals surface area contributed by atoms with E-state index in [0.29, 0.717) is 46.1 Å². The van der Waals surface area contributed by atoms with E-state index in [0.717, 1.165) is 11.6 Å². The van der Waals surface area contributed by atoms with Crippen LogP contribution in [0.1, 0.15) is 24.1 Å². The largest absolute Gasteiger partial charge is 0.465 e. The molecule has 32 heavy (non-hydrogen) atoms. The minimum Gasteiger partial charge on any atom is -0.465 e. The number of carbonyl (C=O) groups is 1. The summed E-state index contributed by atoms with van der Waals surface area (Å²) in [6.07, 6.45) is -1.11. The third-order valence-electron chi connectivity index (χ3n) is 5.29. The van der Waals surface area contributed by atoms with Gasteiger partial charge in [0.05, 0.1) is 22.6 Å². The van der Waals surface area contributed by atoms with E-state index in [1.807, 2.05) is 5.32 Å². The van der Waals surface area contributed by atoms with Gasteiger partial charge in [0.2, 0.25) is 0 Å². The Morgan fingerprint density at radius 3 is 2.53 bits per heavy atom. The molecular weight excluding hydrogens is 420 g/mol. The summed E-state index contributed by atoms with van der Waals surface area (Å²) in [5, 5.41) is 15.2. The predicted octanol–water partition coefficient (Wildman–Crippen LogP) is 5.19. The lowest BCUT2D eigenvalue weighted by molar-refractivity contribution is 0.209. The van der Waals surface area contributed by atoms with Gasteiger partial charge in [-0.3, -0.25) is 10.1 Å².